The van der Waals surface area contributed by atoms with Crippen LogP contribution in [0, 0.1) is 5.92 Å². The normalized spacial score (nSPS) is 12.2. The van der Waals surface area contributed by atoms with Gasteiger partial charge in [-0.15, -0.1) is 0 Å². The number of rotatable bonds is 9. The number of fused-ring (bicyclic) bond motifs is 1. The third kappa shape index (κ3) is 5.32. The van der Waals surface area contributed by atoms with Crippen molar-refractivity contribution in [1.29, 1.82) is 0 Å². The van der Waals surface area contributed by atoms with Crippen molar-refractivity contribution in [3.63, 3.8) is 0 Å². The fourth-order valence-electron chi connectivity index (χ4n) is 3.20. The van der Waals surface area contributed by atoms with Crippen molar-refractivity contribution < 1.29 is 13.0 Å². The molecule has 0 amide bonds. The summed E-state index contributed by atoms with van der Waals surface area (Å²) in [6.45, 7) is 4.49. The molecular formula is C20H28O3S. The van der Waals surface area contributed by atoms with Gasteiger partial charge in [0.2, 0.25) is 0 Å². The monoisotopic (exact) mass is 348 g/mol. The first-order valence-electron chi connectivity index (χ1n) is 8.87. The van der Waals surface area contributed by atoms with Crippen molar-refractivity contribution >= 4 is 20.9 Å². The summed E-state index contributed by atoms with van der Waals surface area (Å²) in [6, 6.07) is 11.0. The van der Waals surface area contributed by atoms with Gasteiger partial charge in [0.25, 0.3) is 10.1 Å². The van der Waals surface area contributed by atoms with Gasteiger partial charge in [0.05, 0.1) is 4.90 Å². The molecule has 4 heteroatoms. The molecule has 0 spiro atoms. The topological polar surface area (TPSA) is 54.4 Å². The summed E-state index contributed by atoms with van der Waals surface area (Å²) in [6.07, 6.45) is 7.67. The summed E-state index contributed by atoms with van der Waals surface area (Å²) in [4.78, 5) is 0.0565. The number of hydrogen-bond donors (Lipinski definition) is 1. The molecule has 0 heterocycles. The Kier molecular flexibility index (Phi) is 6.81. The van der Waals surface area contributed by atoms with Crippen molar-refractivity contribution in [2.24, 2.45) is 5.92 Å². The van der Waals surface area contributed by atoms with E-state index in [2.05, 4.69) is 13.8 Å². The van der Waals surface area contributed by atoms with Crippen LogP contribution in [0.4, 0.5) is 0 Å². The van der Waals surface area contributed by atoms with Crippen LogP contribution >= 0.6 is 0 Å². The van der Waals surface area contributed by atoms with E-state index >= 15 is 0 Å². The van der Waals surface area contributed by atoms with Crippen LogP contribution < -0.4 is 0 Å². The molecule has 2 aromatic rings. The van der Waals surface area contributed by atoms with Crippen molar-refractivity contribution in [3.05, 3.63) is 42.0 Å². The first kappa shape index (κ1) is 18.9. The summed E-state index contributed by atoms with van der Waals surface area (Å²) in [5, 5.41) is 1.93. The molecule has 0 fully saturated rings. The van der Waals surface area contributed by atoms with Gasteiger partial charge in [-0.2, -0.15) is 8.42 Å². The molecule has 0 radical (unpaired) electrons. The van der Waals surface area contributed by atoms with Crippen LogP contribution in [-0.2, 0) is 16.5 Å². The van der Waals surface area contributed by atoms with Crippen molar-refractivity contribution in [1.82, 2.24) is 0 Å². The molecule has 2 rings (SSSR count). The maximum Gasteiger partial charge on any atom is 0.294 e. The predicted molar refractivity (Wildman–Crippen MR) is 100 cm³/mol. The largest absolute Gasteiger partial charge is 0.294 e. The highest BCUT2D eigenvalue weighted by Crippen LogP contribution is 2.27. The maximum atomic E-state index is 11.7. The van der Waals surface area contributed by atoms with Gasteiger partial charge >= 0.3 is 0 Å². The minimum absolute atomic E-state index is 0.0565. The minimum Gasteiger partial charge on any atom is -0.282 e. The third-order valence-electron chi connectivity index (χ3n) is 4.48. The first-order chi connectivity index (χ1) is 11.4. The molecule has 0 aromatic heterocycles. The molecule has 0 unspecified atom stereocenters. The molecular weight excluding hydrogens is 320 g/mol. The maximum absolute atomic E-state index is 11.7. The van der Waals surface area contributed by atoms with Crippen LogP contribution in [0.25, 0.3) is 10.8 Å². The van der Waals surface area contributed by atoms with Gasteiger partial charge in [0.1, 0.15) is 0 Å². The van der Waals surface area contributed by atoms with Crippen LogP contribution in [0.1, 0.15) is 57.9 Å². The van der Waals surface area contributed by atoms with Gasteiger partial charge in [-0.3, -0.25) is 4.55 Å². The average molecular weight is 349 g/mol. The lowest BCUT2D eigenvalue weighted by Gasteiger charge is -2.11. The van der Waals surface area contributed by atoms with E-state index in [-0.39, 0.29) is 4.90 Å². The van der Waals surface area contributed by atoms with Crippen molar-refractivity contribution in [2.45, 2.75) is 63.7 Å². The second-order valence-electron chi connectivity index (χ2n) is 6.94. The lowest BCUT2D eigenvalue weighted by atomic mass is 9.98. The van der Waals surface area contributed by atoms with E-state index in [4.69, 9.17) is 0 Å². The van der Waals surface area contributed by atoms with Crippen LogP contribution in [0.3, 0.4) is 0 Å². The Balaban J connectivity index is 2.04. The molecule has 3 nitrogen and oxygen atoms in total. The van der Waals surface area contributed by atoms with Crippen molar-refractivity contribution in [3.8, 4) is 0 Å². The lowest BCUT2D eigenvalue weighted by Crippen LogP contribution is -2.04. The number of unbranched alkanes of at least 4 members (excludes halogenated alkanes) is 4. The lowest BCUT2D eigenvalue weighted by molar-refractivity contribution is 0.481. The Morgan fingerprint density at radius 1 is 0.917 bits per heavy atom. The Hall–Kier alpha value is -1.39. The molecule has 132 valence electrons. The van der Waals surface area contributed by atoms with Gasteiger partial charge in [-0.25, -0.2) is 0 Å². The van der Waals surface area contributed by atoms with Crippen LogP contribution in [0.2, 0.25) is 0 Å². The van der Waals surface area contributed by atoms with E-state index in [1.807, 2.05) is 24.3 Å². The summed E-state index contributed by atoms with van der Waals surface area (Å²) >= 11 is 0. The number of hydrogen-bond acceptors (Lipinski definition) is 2. The van der Waals surface area contributed by atoms with E-state index in [9.17, 15) is 13.0 Å². The number of aryl methyl sites for hydroxylation is 1. The van der Waals surface area contributed by atoms with Crippen molar-refractivity contribution in [2.75, 3.05) is 0 Å². The summed E-state index contributed by atoms with van der Waals surface area (Å²) in [7, 11) is -4.19. The van der Waals surface area contributed by atoms with Crippen LogP contribution in [-0.4, -0.2) is 13.0 Å². The highest BCUT2D eigenvalue weighted by atomic mass is 32.2. The average Bonchev–Trinajstić information content (AvgIpc) is 2.52. The Morgan fingerprint density at radius 3 is 2.29 bits per heavy atom. The highest BCUT2D eigenvalue weighted by molar-refractivity contribution is 7.85. The second-order valence-corrected chi connectivity index (χ2v) is 8.33. The van der Waals surface area contributed by atoms with E-state index in [1.54, 1.807) is 6.07 Å². The zero-order valence-electron chi connectivity index (χ0n) is 14.7. The summed E-state index contributed by atoms with van der Waals surface area (Å²) in [5.41, 5.74) is 0.748. The highest BCUT2D eigenvalue weighted by Gasteiger charge is 2.17. The number of benzene rings is 2. The van der Waals surface area contributed by atoms with E-state index in [1.165, 1.54) is 31.7 Å². The summed E-state index contributed by atoms with van der Waals surface area (Å²) < 4.78 is 32.9. The molecule has 2 aromatic carbocycles. The standard InChI is InChI=1S/C20H28O3S/c1-16(2)10-6-4-3-5-7-13-19-18-12-9-8-11-17(18)14-15-20(19)24(21,22)23/h8-9,11-12,14-16H,3-7,10,13H2,1-2H3,(H,21,22,23). The molecule has 0 atom stereocenters. The molecule has 1 N–H and O–H groups in total. The van der Waals surface area contributed by atoms with E-state index < -0.39 is 10.1 Å². The van der Waals surface area contributed by atoms with Gasteiger partial charge < -0.3 is 0 Å². The second kappa shape index (κ2) is 8.63. The van der Waals surface area contributed by atoms with Crippen LogP contribution in [0.5, 0.6) is 0 Å². The zero-order valence-corrected chi connectivity index (χ0v) is 15.5. The van der Waals surface area contributed by atoms with Gasteiger partial charge in [-0.05, 0) is 41.2 Å². The van der Waals surface area contributed by atoms with Gasteiger partial charge in [0.15, 0.2) is 0 Å². The van der Waals surface area contributed by atoms with E-state index in [0.717, 1.165) is 35.1 Å². The van der Waals surface area contributed by atoms with E-state index in [0.29, 0.717) is 6.42 Å². The Bertz CT molecular complexity index is 764. The Labute approximate surface area is 145 Å². The van der Waals surface area contributed by atoms with Crippen LogP contribution in [0.15, 0.2) is 41.3 Å². The molecule has 0 aliphatic rings. The fraction of sp³-hybridized carbons (Fsp3) is 0.500. The zero-order chi connectivity index (χ0) is 17.6. The summed E-state index contributed by atoms with van der Waals surface area (Å²) in [5.74, 6) is 0.762. The Morgan fingerprint density at radius 2 is 1.58 bits per heavy atom. The molecule has 0 aliphatic heterocycles. The molecule has 0 saturated heterocycles. The smallest absolute Gasteiger partial charge is 0.282 e. The molecule has 0 bridgehead atoms. The molecule has 0 saturated carbocycles. The molecule has 0 aliphatic carbocycles. The minimum atomic E-state index is -4.19. The fourth-order valence-corrected chi connectivity index (χ4v) is 3.96. The molecule has 24 heavy (non-hydrogen) atoms. The predicted octanol–water partition coefficient (Wildman–Crippen LogP) is 5.63. The van der Waals surface area contributed by atoms with Gasteiger partial charge in [0, 0.05) is 0 Å². The van der Waals surface area contributed by atoms with Gasteiger partial charge in [-0.1, -0.05) is 76.3 Å². The SMILES string of the molecule is CC(C)CCCCCCCc1c(S(=O)(=O)O)ccc2ccccc12. The quantitative estimate of drug-likeness (QED) is 0.472. The third-order valence-corrected chi connectivity index (χ3v) is 5.42. The first-order valence-corrected chi connectivity index (χ1v) is 10.3.